The Hall–Kier alpha value is -1.86. The van der Waals surface area contributed by atoms with E-state index >= 15 is 0 Å². The van der Waals surface area contributed by atoms with Gasteiger partial charge in [-0.3, -0.25) is 0 Å². The summed E-state index contributed by atoms with van der Waals surface area (Å²) in [5.74, 6) is 1.18. The topological polar surface area (TPSA) is 81.4 Å². The van der Waals surface area contributed by atoms with Gasteiger partial charge in [0.05, 0.1) is 6.61 Å². The van der Waals surface area contributed by atoms with Crippen LogP contribution in [0.5, 0.6) is 5.75 Å². The van der Waals surface area contributed by atoms with E-state index in [4.69, 9.17) is 9.26 Å². The van der Waals surface area contributed by atoms with Crippen LogP contribution < -0.4 is 9.46 Å². The molecule has 0 spiro atoms. The molecular weight excluding hydrogens is 292 g/mol. The van der Waals surface area contributed by atoms with Crippen molar-refractivity contribution in [1.82, 2.24) is 9.88 Å². The van der Waals surface area contributed by atoms with Gasteiger partial charge in [0.15, 0.2) is 5.76 Å². The lowest BCUT2D eigenvalue weighted by molar-refractivity contribution is 0.357. The molecule has 6 nitrogen and oxygen atoms in total. The minimum atomic E-state index is -3.63. The lowest BCUT2D eigenvalue weighted by Gasteiger charge is -2.07. The Labute approximate surface area is 123 Å². The van der Waals surface area contributed by atoms with E-state index < -0.39 is 10.0 Å². The lowest BCUT2D eigenvalue weighted by Crippen LogP contribution is -2.24. The van der Waals surface area contributed by atoms with Crippen molar-refractivity contribution in [1.29, 1.82) is 0 Å². The van der Waals surface area contributed by atoms with Crippen LogP contribution in [0.4, 0.5) is 0 Å². The first-order valence-corrected chi connectivity index (χ1v) is 8.13. The molecule has 1 aliphatic rings. The van der Waals surface area contributed by atoms with E-state index in [1.54, 1.807) is 13.8 Å². The standard InChI is InChI=1S/C14H16N2O4S/c1-9-14(10(2)20-16-9)21(17,18)15-8-11-3-4-13-12(7-11)5-6-19-13/h3-4,7,15H,5-6,8H2,1-2H3. The molecule has 0 saturated heterocycles. The normalized spacial score (nSPS) is 14.0. The number of hydrogen-bond donors (Lipinski definition) is 1. The highest BCUT2D eigenvalue weighted by Gasteiger charge is 2.24. The van der Waals surface area contributed by atoms with E-state index in [1.807, 2.05) is 18.2 Å². The van der Waals surface area contributed by atoms with Crippen LogP contribution in [0.1, 0.15) is 22.6 Å². The number of fused-ring (bicyclic) bond motifs is 1. The van der Waals surface area contributed by atoms with Crippen LogP contribution in [-0.2, 0) is 23.0 Å². The van der Waals surface area contributed by atoms with Crippen molar-refractivity contribution in [2.24, 2.45) is 0 Å². The van der Waals surface area contributed by atoms with Gasteiger partial charge in [-0.1, -0.05) is 17.3 Å². The van der Waals surface area contributed by atoms with Crippen LogP contribution in [0.25, 0.3) is 0 Å². The number of aromatic nitrogens is 1. The summed E-state index contributed by atoms with van der Waals surface area (Å²) in [4.78, 5) is 0.118. The fourth-order valence-corrected chi connectivity index (χ4v) is 3.80. The van der Waals surface area contributed by atoms with Gasteiger partial charge in [-0.05, 0) is 31.0 Å². The largest absolute Gasteiger partial charge is 0.493 e. The van der Waals surface area contributed by atoms with Crippen molar-refractivity contribution in [2.45, 2.75) is 31.7 Å². The monoisotopic (exact) mass is 308 g/mol. The molecule has 1 aliphatic heterocycles. The van der Waals surface area contributed by atoms with Crippen LogP contribution in [0, 0.1) is 13.8 Å². The van der Waals surface area contributed by atoms with Gasteiger partial charge in [0.25, 0.3) is 0 Å². The zero-order chi connectivity index (χ0) is 15.0. The van der Waals surface area contributed by atoms with E-state index in [9.17, 15) is 8.42 Å². The van der Waals surface area contributed by atoms with Crippen molar-refractivity contribution in [3.05, 3.63) is 40.8 Å². The average Bonchev–Trinajstić information content (AvgIpc) is 3.02. The van der Waals surface area contributed by atoms with Gasteiger partial charge >= 0.3 is 0 Å². The quantitative estimate of drug-likeness (QED) is 0.930. The molecule has 0 atom stereocenters. The van der Waals surface area contributed by atoms with E-state index in [0.29, 0.717) is 18.1 Å². The Bertz CT molecular complexity index is 761. The molecule has 7 heteroatoms. The number of sulfonamides is 1. The summed E-state index contributed by atoms with van der Waals surface area (Å²) in [5, 5.41) is 3.67. The highest BCUT2D eigenvalue weighted by molar-refractivity contribution is 7.89. The minimum Gasteiger partial charge on any atom is -0.493 e. The number of benzene rings is 1. The highest BCUT2D eigenvalue weighted by Crippen LogP contribution is 2.26. The van der Waals surface area contributed by atoms with Crippen molar-refractivity contribution >= 4 is 10.0 Å². The Morgan fingerprint density at radius 2 is 2.14 bits per heavy atom. The molecule has 1 aromatic heterocycles. The maximum absolute atomic E-state index is 12.3. The summed E-state index contributed by atoms with van der Waals surface area (Å²) in [7, 11) is -3.63. The maximum Gasteiger partial charge on any atom is 0.246 e. The van der Waals surface area contributed by atoms with Crippen molar-refractivity contribution in [3.8, 4) is 5.75 Å². The summed E-state index contributed by atoms with van der Waals surface area (Å²) >= 11 is 0. The predicted molar refractivity (Wildman–Crippen MR) is 75.6 cm³/mol. The second-order valence-corrected chi connectivity index (χ2v) is 6.72. The molecule has 2 heterocycles. The summed E-state index contributed by atoms with van der Waals surface area (Å²) < 4.78 is 37.5. The van der Waals surface area contributed by atoms with Crippen LogP contribution >= 0.6 is 0 Å². The van der Waals surface area contributed by atoms with E-state index in [2.05, 4.69) is 9.88 Å². The Kier molecular flexibility index (Phi) is 3.46. The van der Waals surface area contributed by atoms with Gasteiger partial charge < -0.3 is 9.26 Å². The fourth-order valence-electron chi connectivity index (χ4n) is 2.46. The molecule has 0 saturated carbocycles. The first-order valence-electron chi connectivity index (χ1n) is 6.64. The van der Waals surface area contributed by atoms with Crippen molar-refractivity contribution in [3.63, 3.8) is 0 Å². The summed E-state index contributed by atoms with van der Waals surface area (Å²) in [6, 6.07) is 5.71. The molecule has 0 fully saturated rings. The van der Waals surface area contributed by atoms with Crippen LogP contribution in [0.3, 0.4) is 0 Å². The first kappa shape index (κ1) is 14.1. The summed E-state index contributed by atoms with van der Waals surface area (Å²) in [6.07, 6.45) is 0.861. The van der Waals surface area contributed by atoms with E-state index in [-0.39, 0.29) is 11.4 Å². The third-order valence-corrected chi connectivity index (χ3v) is 5.10. The van der Waals surface area contributed by atoms with Gasteiger partial charge in [0, 0.05) is 13.0 Å². The van der Waals surface area contributed by atoms with E-state index in [0.717, 1.165) is 23.3 Å². The van der Waals surface area contributed by atoms with Crippen molar-refractivity contribution < 1.29 is 17.7 Å². The molecule has 21 heavy (non-hydrogen) atoms. The van der Waals surface area contributed by atoms with Gasteiger partial charge in [-0.15, -0.1) is 0 Å². The van der Waals surface area contributed by atoms with Gasteiger partial charge in [0.2, 0.25) is 10.0 Å². The molecule has 1 N–H and O–H groups in total. The third-order valence-electron chi connectivity index (χ3n) is 3.46. The minimum absolute atomic E-state index is 0.118. The Morgan fingerprint density at radius 3 is 2.86 bits per heavy atom. The maximum atomic E-state index is 12.3. The lowest BCUT2D eigenvalue weighted by atomic mass is 10.1. The molecule has 1 aromatic carbocycles. The number of nitrogens with zero attached hydrogens (tertiary/aromatic N) is 1. The number of nitrogens with one attached hydrogen (secondary N) is 1. The molecule has 0 amide bonds. The fraction of sp³-hybridized carbons (Fsp3) is 0.357. The second kappa shape index (κ2) is 5.16. The molecule has 3 rings (SSSR count). The number of ether oxygens (including phenoxy) is 1. The molecule has 2 aromatic rings. The smallest absolute Gasteiger partial charge is 0.246 e. The third kappa shape index (κ3) is 2.66. The van der Waals surface area contributed by atoms with Crippen molar-refractivity contribution in [2.75, 3.05) is 6.61 Å². The van der Waals surface area contributed by atoms with Gasteiger partial charge in [-0.25, -0.2) is 13.1 Å². The SMILES string of the molecule is Cc1noc(C)c1S(=O)(=O)NCc1ccc2c(c1)CCO2. The number of hydrogen-bond acceptors (Lipinski definition) is 5. The molecule has 0 unspecified atom stereocenters. The summed E-state index contributed by atoms with van der Waals surface area (Å²) in [5.41, 5.74) is 2.38. The zero-order valence-electron chi connectivity index (χ0n) is 11.8. The zero-order valence-corrected chi connectivity index (χ0v) is 12.7. The van der Waals surface area contributed by atoms with Gasteiger partial charge in [0.1, 0.15) is 16.3 Å². The highest BCUT2D eigenvalue weighted by atomic mass is 32.2. The molecule has 112 valence electrons. The average molecular weight is 308 g/mol. The first-order chi connectivity index (χ1) is 9.97. The molecular formula is C14H16N2O4S. The van der Waals surface area contributed by atoms with Crippen LogP contribution in [0.2, 0.25) is 0 Å². The Balaban J connectivity index is 1.78. The van der Waals surface area contributed by atoms with Crippen LogP contribution in [0.15, 0.2) is 27.6 Å². The number of rotatable bonds is 4. The molecule has 0 radical (unpaired) electrons. The molecule has 0 aliphatic carbocycles. The molecule has 0 bridgehead atoms. The summed E-state index contributed by atoms with van der Waals surface area (Å²) in [6.45, 7) is 4.10. The predicted octanol–water partition coefficient (Wildman–Crippen LogP) is 1.70. The van der Waals surface area contributed by atoms with E-state index in [1.165, 1.54) is 0 Å². The van der Waals surface area contributed by atoms with Crippen LogP contribution in [-0.4, -0.2) is 20.2 Å². The second-order valence-electron chi connectivity index (χ2n) is 5.02. The van der Waals surface area contributed by atoms with Gasteiger partial charge in [-0.2, -0.15) is 0 Å². The number of aryl methyl sites for hydroxylation is 2. The Morgan fingerprint density at radius 1 is 1.33 bits per heavy atom.